The normalized spacial score (nSPS) is 24.9. The van der Waals surface area contributed by atoms with E-state index < -0.39 is 23.6 Å². The van der Waals surface area contributed by atoms with Crippen LogP contribution in [-0.4, -0.2) is 49.2 Å². The first kappa shape index (κ1) is 24.0. The molecule has 3 heterocycles. The van der Waals surface area contributed by atoms with E-state index >= 15 is 0 Å². The van der Waals surface area contributed by atoms with E-state index in [4.69, 9.17) is 14.2 Å². The molecular weight excluding hydrogens is 480 g/mol. The van der Waals surface area contributed by atoms with Crippen LogP contribution in [-0.2, 0) is 17.1 Å². The Morgan fingerprint density at radius 2 is 1.60 bits per heavy atom. The quantitative estimate of drug-likeness (QED) is 0.527. The van der Waals surface area contributed by atoms with Crippen molar-refractivity contribution in [3.8, 4) is 11.5 Å². The molecule has 35 heavy (non-hydrogen) atoms. The molecule has 3 atom stereocenters. The van der Waals surface area contributed by atoms with Crippen LogP contribution in [0.5, 0.6) is 11.5 Å². The van der Waals surface area contributed by atoms with E-state index in [9.17, 15) is 26.3 Å². The van der Waals surface area contributed by atoms with Crippen molar-refractivity contribution in [2.75, 3.05) is 37.8 Å². The first-order valence-electron chi connectivity index (χ1n) is 11.3. The predicted octanol–water partition coefficient (Wildman–Crippen LogP) is 4.83. The van der Waals surface area contributed by atoms with Crippen molar-refractivity contribution in [2.45, 2.75) is 31.3 Å². The van der Waals surface area contributed by atoms with Crippen LogP contribution in [0, 0.1) is 17.8 Å². The number of ether oxygens (including phenoxy) is 3. The summed E-state index contributed by atoms with van der Waals surface area (Å²) in [7, 11) is 0. The zero-order valence-corrected chi connectivity index (χ0v) is 18.5. The highest BCUT2D eigenvalue weighted by Crippen LogP contribution is 2.41. The van der Waals surface area contributed by atoms with Gasteiger partial charge in [-0.3, -0.25) is 0 Å². The van der Waals surface area contributed by atoms with Crippen molar-refractivity contribution in [3.05, 3.63) is 41.6 Å². The minimum absolute atomic E-state index is 0.0572. The molecule has 2 bridgehead atoms. The highest BCUT2D eigenvalue weighted by atomic mass is 19.4. The molecule has 2 saturated heterocycles. The molecule has 1 aromatic carbocycles. The Balaban J connectivity index is 1.33. The Kier molecular flexibility index (Phi) is 6.18. The van der Waals surface area contributed by atoms with Crippen LogP contribution in [0.4, 0.5) is 32.2 Å². The zero-order valence-electron chi connectivity index (χ0n) is 18.5. The molecule has 0 spiro atoms. The summed E-state index contributed by atoms with van der Waals surface area (Å²) in [5.74, 6) is 0.606. The third-order valence-electron chi connectivity index (χ3n) is 6.47. The monoisotopic (exact) mass is 503 g/mol. The largest absolute Gasteiger partial charge is 0.489 e. The lowest BCUT2D eigenvalue weighted by atomic mass is 9.84. The summed E-state index contributed by atoms with van der Waals surface area (Å²) in [4.78, 5) is 1.84. The molecule has 3 fully saturated rings. The van der Waals surface area contributed by atoms with Crippen LogP contribution in [0.2, 0.25) is 0 Å². The van der Waals surface area contributed by atoms with Gasteiger partial charge in [0.2, 0.25) is 0 Å². The van der Waals surface area contributed by atoms with Gasteiger partial charge in [0, 0.05) is 24.9 Å². The third kappa shape index (κ3) is 5.41. The van der Waals surface area contributed by atoms with Crippen LogP contribution in [0.3, 0.4) is 0 Å². The van der Waals surface area contributed by atoms with Crippen molar-refractivity contribution in [2.24, 2.45) is 17.8 Å². The second kappa shape index (κ2) is 9.03. The van der Waals surface area contributed by atoms with Gasteiger partial charge in [0.05, 0.1) is 25.4 Å². The Morgan fingerprint density at radius 3 is 2.17 bits per heavy atom. The van der Waals surface area contributed by atoms with Gasteiger partial charge in [-0.25, -0.2) is 0 Å². The van der Waals surface area contributed by atoms with Crippen LogP contribution < -0.4 is 14.4 Å². The SMILES string of the molecule is FC(F)(F)c1ccc(O[C@@H]2[C@@H]3COC[C@H]2CN(c2ccc(C(F)(F)F)nn2)C3)c(OCC2CC2)c1. The molecule has 0 amide bonds. The molecule has 1 aromatic heterocycles. The topological polar surface area (TPSA) is 56.7 Å². The Labute approximate surface area is 197 Å². The van der Waals surface area contributed by atoms with Crippen LogP contribution >= 0.6 is 0 Å². The van der Waals surface area contributed by atoms with Gasteiger partial charge in [-0.2, -0.15) is 26.3 Å². The number of hydrogen-bond acceptors (Lipinski definition) is 6. The molecule has 2 aromatic rings. The summed E-state index contributed by atoms with van der Waals surface area (Å²) in [6.45, 7) is 1.79. The van der Waals surface area contributed by atoms with E-state index in [1.807, 2.05) is 4.90 Å². The summed E-state index contributed by atoms with van der Waals surface area (Å²) in [6.07, 6.45) is -7.46. The van der Waals surface area contributed by atoms with Crippen molar-refractivity contribution in [3.63, 3.8) is 0 Å². The van der Waals surface area contributed by atoms with Gasteiger partial charge in [-0.05, 0) is 49.1 Å². The Hall–Kier alpha value is -2.76. The summed E-state index contributed by atoms with van der Waals surface area (Å²) in [6, 6.07) is 5.40. The number of anilines is 1. The summed E-state index contributed by atoms with van der Waals surface area (Å²) < 4.78 is 95.8. The van der Waals surface area contributed by atoms with E-state index in [-0.39, 0.29) is 29.4 Å². The van der Waals surface area contributed by atoms with Gasteiger partial charge in [0.1, 0.15) is 6.10 Å². The first-order valence-corrected chi connectivity index (χ1v) is 11.3. The van der Waals surface area contributed by atoms with Crippen LogP contribution in [0.25, 0.3) is 0 Å². The maximum atomic E-state index is 13.3. The number of benzene rings is 1. The highest BCUT2D eigenvalue weighted by Gasteiger charge is 2.43. The molecule has 0 radical (unpaired) electrons. The van der Waals surface area contributed by atoms with Gasteiger partial charge < -0.3 is 19.1 Å². The maximum absolute atomic E-state index is 13.3. The van der Waals surface area contributed by atoms with E-state index in [0.29, 0.717) is 44.6 Å². The number of aromatic nitrogens is 2. The van der Waals surface area contributed by atoms with Gasteiger partial charge in [0.25, 0.3) is 0 Å². The number of hydrogen-bond donors (Lipinski definition) is 0. The molecule has 0 N–H and O–H groups in total. The van der Waals surface area contributed by atoms with E-state index in [0.717, 1.165) is 31.0 Å². The molecule has 1 aliphatic carbocycles. The van der Waals surface area contributed by atoms with Crippen LogP contribution in [0.15, 0.2) is 30.3 Å². The lowest BCUT2D eigenvalue weighted by Gasteiger charge is -2.46. The third-order valence-corrected chi connectivity index (χ3v) is 6.47. The van der Waals surface area contributed by atoms with E-state index in [1.54, 1.807) is 0 Å². The average molecular weight is 503 g/mol. The molecule has 5 rings (SSSR count). The molecule has 190 valence electrons. The summed E-state index contributed by atoms with van der Waals surface area (Å²) >= 11 is 0. The molecular formula is C23H23F6N3O3. The number of piperidine rings is 1. The maximum Gasteiger partial charge on any atom is 0.435 e. The molecule has 6 nitrogen and oxygen atoms in total. The standard InChI is InChI=1S/C23H23F6N3O3/c24-22(25,26)16-3-4-17(18(7-16)34-10-13-1-2-13)35-21-14-8-32(9-15(21)12-33-11-14)20-6-5-19(30-31-20)23(27,28)29/h3-7,13-15,21H,1-2,8-12H2/t14-,15+,21+. The van der Waals surface area contributed by atoms with Crippen molar-refractivity contribution in [1.82, 2.24) is 10.2 Å². The number of halogens is 6. The van der Waals surface area contributed by atoms with E-state index in [1.165, 1.54) is 12.1 Å². The summed E-state index contributed by atoms with van der Waals surface area (Å²) in [5.41, 5.74) is -1.88. The number of fused-ring (bicyclic) bond motifs is 2. The fourth-order valence-electron chi connectivity index (χ4n) is 4.46. The second-order valence-corrected chi connectivity index (χ2v) is 9.23. The van der Waals surface area contributed by atoms with Gasteiger partial charge in [-0.15, -0.1) is 10.2 Å². The number of alkyl halides is 6. The van der Waals surface area contributed by atoms with Gasteiger partial charge >= 0.3 is 12.4 Å². The highest BCUT2D eigenvalue weighted by molar-refractivity contribution is 5.45. The first-order chi connectivity index (χ1) is 16.6. The minimum atomic E-state index is -4.57. The molecule has 1 saturated carbocycles. The Morgan fingerprint density at radius 1 is 0.886 bits per heavy atom. The number of rotatable bonds is 6. The Bertz CT molecular complexity index is 1030. The van der Waals surface area contributed by atoms with E-state index in [2.05, 4.69) is 10.2 Å². The smallest absolute Gasteiger partial charge is 0.435 e. The molecule has 0 unspecified atom stereocenters. The van der Waals surface area contributed by atoms with Crippen molar-refractivity contribution >= 4 is 5.82 Å². The predicted molar refractivity (Wildman–Crippen MR) is 111 cm³/mol. The zero-order chi connectivity index (χ0) is 24.8. The molecule has 3 aliphatic rings. The van der Waals surface area contributed by atoms with Gasteiger partial charge in [-0.1, -0.05) is 0 Å². The van der Waals surface area contributed by atoms with Crippen molar-refractivity contribution < 1.29 is 40.6 Å². The lowest BCUT2D eigenvalue weighted by molar-refractivity contribution is -0.141. The van der Waals surface area contributed by atoms with Gasteiger partial charge in [0.15, 0.2) is 23.0 Å². The average Bonchev–Trinajstić information content (AvgIpc) is 3.61. The lowest BCUT2D eigenvalue weighted by Crippen LogP contribution is -2.57. The van der Waals surface area contributed by atoms with Crippen molar-refractivity contribution in [1.29, 1.82) is 0 Å². The van der Waals surface area contributed by atoms with Crippen LogP contribution in [0.1, 0.15) is 24.1 Å². The molecule has 12 heteroatoms. The molecule has 2 aliphatic heterocycles. The fraction of sp³-hybridized carbons (Fsp3) is 0.565. The number of nitrogens with zero attached hydrogens (tertiary/aromatic N) is 3. The second-order valence-electron chi connectivity index (χ2n) is 9.23. The summed E-state index contributed by atoms with van der Waals surface area (Å²) in [5, 5.41) is 7.04. The minimum Gasteiger partial charge on any atom is -0.489 e. The fourth-order valence-corrected chi connectivity index (χ4v) is 4.46.